The molecule has 0 fully saturated rings. The normalized spacial score (nSPS) is 15.8. The Morgan fingerprint density at radius 1 is 0.394 bits per heavy atom. The van der Waals surface area contributed by atoms with Crippen LogP contribution in [0.3, 0.4) is 0 Å². The van der Waals surface area contributed by atoms with E-state index in [1.165, 1.54) is 0 Å². The van der Waals surface area contributed by atoms with E-state index in [-0.39, 0.29) is 0 Å². The molecule has 0 N–H and O–H groups in total. The zero-order chi connectivity index (χ0) is 27.0. The van der Waals surface area contributed by atoms with Gasteiger partial charge in [0.2, 0.25) is 0 Å². The van der Waals surface area contributed by atoms with Gasteiger partial charge >= 0.3 is 165 Å². The number of benzene rings is 1. The van der Waals surface area contributed by atoms with E-state index in [4.69, 9.17) is 0 Å². The summed E-state index contributed by atoms with van der Waals surface area (Å²) in [5.41, 5.74) is -8.35. The van der Waals surface area contributed by atoms with Gasteiger partial charge in [0.15, 0.2) is 0 Å². The summed E-state index contributed by atoms with van der Waals surface area (Å²) in [7, 11) is -9.73. The molecule has 0 aliphatic carbocycles. The minimum atomic E-state index is -9.73. The Morgan fingerprint density at radius 2 is 0.667 bits per heavy atom. The number of alkyl halides is 13. The summed E-state index contributed by atoms with van der Waals surface area (Å²) in [6.45, 7) is 0. The van der Waals surface area contributed by atoms with Gasteiger partial charge in [-0.05, 0) is 0 Å². The van der Waals surface area contributed by atoms with Crippen LogP contribution < -0.4 is 5.30 Å². The second kappa shape index (κ2) is 7.63. The fraction of sp³-hybridized carbons (Fsp3) is 0.500. The molecule has 0 atom stereocenters. The molecule has 21 heteroatoms. The van der Waals surface area contributed by atoms with Crippen LogP contribution in [0.4, 0.5) is 87.4 Å². The Labute approximate surface area is 166 Å². The molecule has 1 aromatic rings. The summed E-state index contributed by atoms with van der Waals surface area (Å²) in [6, 6.07) is 0. The Balaban J connectivity index is 3.91. The third-order valence-electron chi connectivity index (χ3n) is 3.85. The molecule has 0 amide bonds. The summed E-state index contributed by atoms with van der Waals surface area (Å²) in [5.74, 6) is -52.8. The summed E-state index contributed by atoms with van der Waals surface area (Å²) in [5, 5.41) is -4.18. The average Bonchev–Trinajstić information content (AvgIpc) is 2.62. The Hall–Kier alpha value is -1.75. The number of hydrogen-bond acceptors (Lipinski definition) is 0. The fourth-order valence-electron chi connectivity index (χ4n) is 2.00. The maximum absolute atomic E-state index is 13.9. The molecule has 0 aromatic heterocycles. The molecule has 0 unspecified atom stereocenters. The molecule has 0 aliphatic heterocycles. The molecule has 0 radical (unpaired) electrons. The van der Waals surface area contributed by atoms with Crippen molar-refractivity contribution in [2.75, 3.05) is 0 Å². The van der Waals surface area contributed by atoms with Gasteiger partial charge in [0.25, 0.3) is 0 Å². The Kier molecular flexibility index (Phi) is 6.77. The first kappa shape index (κ1) is 29.3. The molecule has 33 heavy (non-hydrogen) atoms. The summed E-state index contributed by atoms with van der Waals surface area (Å²) in [6.07, 6.45) is -7.87. The SMILES string of the molecule is Fc1c(F)c(F)c([PH](F)(F)C(F)(F)C(F)(F)C(F)(F)C(F)(F)C(F)(F)C(F)(F)F)c(F)c1F. The molecule has 1 rings (SSSR count). The molecular formula is C12HF20P. The van der Waals surface area contributed by atoms with Crippen LogP contribution in [0.25, 0.3) is 0 Å². The zero-order valence-electron chi connectivity index (χ0n) is 14.1. The quantitative estimate of drug-likeness (QED) is 0.150. The molecule has 1 aromatic carbocycles. The second-order valence-electron chi connectivity index (χ2n) is 5.89. The zero-order valence-corrected chi connectivity index (χ0v) is 15.1. The first-order valence-corrected chi connectivity index (χ1v) is 8.79. The van der Waals surface area contributed by atoms with Crippen molar-refractivity contribution in [2.45, 2.75) is 35.5 Å². The van der Waals surface area contributed by atoms with E-state index in [0.29, 0.717) is 0 Å². The van der Waals surface area contributed by atoms with Crippen LogP contribution in [0.15, 0.2) is 0 Å². The van der Waals surface area contributed by atoms with Gasteiger partial charge in [0.05, 0.1) is 0 Å². The van der Waals surface area contributed by atoms with Crippen molar-refractivity contribution in [1.82, 2.24) is 0 Å². The van der Waals surface area contributed by atoms with E-state index in [1.807, 2.05) is 0 Å². The van der Waals surface area contributed by atoms with Gasteiger partial charge in [-0.2, -0.15) is 0 Å². The molecular weight excluding hydrogens is 555 g/mol. The van der Waals surface area contributed by atoms with Gasteiger partial charge in [-0.25, -0.2) is 0 Å². The maximum atomic E-state index is 13.9. The summed E-state index contributed by atoms with van der Waals surface area (Å²) < 4.78 is 261. The van der Waals surface area contributed by atoms with Crippen LogP contribution in [0, 0.1) is 29.1 Å². The van der Waals surface area contributed by atoms with Gasteiger partial charge < -0.3 is 0 Å². The van der Waals surface area contributed by atoms with Crippen molar-refractivity contribution in [3.8, 4) is 0 Å². The Morgan fingerprint density at radius 3 is 0.970 bits per heavy atom. The molecule has 0 spiro atoms. The number of hydrogen-bond donors (Lipinski definition) is 0. The number of halogens is 20. The third kappa shape index (κ3) is 3.57. The topological polar surface area (TPSA) is 0 Å². The van der Waals surface area contributed by atoms with Gasteiger partial charge in [0, 0.05) is 0 Å². The van der Waals surface area contributed by atoms with Crippen molar-refractivity contribution in [2.24, 2.45) is 0 Å². The average molecular weight is 556 g/mol. The van der Waals surface area contributed by atoms with Gasteiger partial charge in [-0.1, -0.05) is 0 Å². The second-order valence-corrected chi connectivity index (χ2v) is 8.17. The monoisotopic (exact) mass is 556 g/mol. The molecule has 0 bridgehead atoms. The Bertz CT molecular complexity index is 897. The third-order valence-corrected chi connectivity index (χ3v) is 6.02. The van der Waals surface area contributed by atoms with E-state index >= 15 is 0 Å². The van der Waals surface area contributed by atoms with E-state index in [1.54, 1.807) is 0 Å². The van der Waals surface area contributed by atoms with Crippen LogP contribution in [-0.2, 0) is 0 Å². The van der Waals surface area contributed by atoms with E-state index < -0.39 is 77.8 Å². The first-order chi connectivity index (χ1) is 14.2. The van der Waals surface area contributed by atoms with Crippen LogP contribution in [0.1, 0.15) is 0 Å². The van der Waals surface area contributed by atoms with Gasteiger partial charge in [-0.3, -0.25) is 0 Å². The number of rotatable bonds is 6. The van der Waals surface area contributed by atoms with Crippen LogP contribution in [0.5, 0.6) is 0 Å². The van der Waals surface area contributed by atoms with Crippen molar-refractivity contribution >= 4 is 13.2 Å². The van der Waals surface area contributed by atoms with Crippen LogP contribution in [0.2, 0.25) is 0 Å². The summed E-state index contributed by atoms with van der Waals surface area (Å²) in [4.78, 5) is 0. The van der Waals surface area contributed by atoms with E-state index in [0.717, 1.165) is 0 Å². The molecule has 0 nitrogen and oxygen atoms in total. The van der Waals surface area contributed by atoms with Gasteiger partial charge in [-0.15, -0.1) is 0 Å². The predicted octanol–water partition coefficient (Wildman–Crippen LogP) is 7.22. The van der Waals surface area contributed by atoms with Crippen molar-refractivity contribution in [3.05, 3.63) is 29.1 Å². The molecule has 194 valence electrons. The predicted molar refractivity (Wildman–Crippen MR) is 67.2 cm³/mol. The minimum absolute atomic E-state index is 3.37. The van der Waals surface area contributed by atoms with Crippen LogP contribution >= 0.6 is 7.88 Å². The fourth-order valence-corrected chi connectivity index (χ4v) is 3.64. The standard InChI is InChI=1S/C12HF20P/c13-1-2(14)4(16)6(5(17)3(1)15)33(31,32)12(29,30)10(24,25)8(20,21)7(18,19)9(22,23)11(26,27)28/h33H. The molecule has 0 heterocycles. The van der Waals surface area contributed by atoms with Crippen LogP contribution in [-0.4, -0.2) is 35.5 Å². The van der Waals surface area contributed by atoms with E-state index in [2.05, 4.69) is 0 Å². The van der Waals surface area contributed by atoms with Crippen molar-refractivity contribution in [1.29, 1.82) is 0 Å². The molecule has 0 saturated carbocycles. The van der Waals surface area contributed by atoms with Gasteiger partial charge in [0.1, 0.15) is 0 Å². The summed E-state index contributed by atoms with van der Waals surface area (Å²) >= 11 is 0. The molecule has 0 saturated heterocycles. The first-order valence-electron chi connectivity index (χ1n) is 7.03. The van der Waals surface area contributed by atoms with Crippen molar-refractivity contribution < 1.29 is 87.4 Å². The molecule has 0 aliphatic rings. The van der Waals surface area contributed by atoms with Crippen molar-refractivity contribution in [3.63, 3.8) is 0 Å². The van der Waals surface area contributed by atoms with E-state index in [9.17, 15) is 87.4 Å².